The molecule has 3 N–H and O–H groups in total. The van der Waals surface area contributed by atoms with Gasteiger partial charge < -0.3 is 34.9 Å². The minimum atomic E-state index is -0.564. The number of esters is 1. The summed E-state index contributed by atoms with van der Waals surface area (Å²) in [5, 5.41) is 14.7. The van der Waals surface area contributed by atoms with Crippen molar-refractivity contribution in [1.29, 1.82) is 0 Å². The van der Waals surface area contributed by atoms with E-state index >= 15 is 0 Å². The number of aliphatic hydroxyl groups is 1. The third-order valence-corrected chi connectivity index (χ3v) is 7.14. The Morgan fingerprint density at radius 1 is 1.00 bits per heavy atom. The Bertz CT molecular complexity index is 1360. The van der Waals surface area contributed by atoms with E-state index in [9.17, 15) is 14.7 Å². The number of nitrogens with one attached hydrogen (secondary N) is 2. The number of rotatable bonds is 13. The quantitative estimate of drug-likeness (QED) is 0.193. The lowest BCUT2D eigenvalue weighted by Gasteiger charge is -2.37. The standard InChI is InChI=1S/C34H41N3O6/c1-4-16-37(3)22-30-19-31(26-14-12-24(23-38)13-15-26)43-33(42-30)29-11-7-10-28(18-29)27-9-6-8-25(17-27)20-35-34(40)36-21-32(39)41-5-2/h4,6-15,17-18,30-31,33,38H,1,5,16,19-23H2,2-3H3,(H2,35,36,40)/t30-,31+,33+/m1/s1. The summed E-state index contributed by atoms with van der Waals surface area (Å²) < 4.78 is 17.9. The number of hydrogen-bond acceptors (Lipinski definition) is 7. The molecule has 43 heavy (non-hydrogen) atoms. The van der Waals surface area contributed by atoms with Crippen LogP contribution >= 0.6 is 0 Å². The Hall–Kier alpha value is -4.02. The van der Waals surface area contributed by atoms with Gasteiger partial charge in [-0.3, -0.25) is 4.79 Å². The highest BCUT2D eigenvalue weighted by molar-refractivity contribution is 5.80. The molecule has 1 fully saturated rings. The van der Waals surface area contributed by atoms with Crippen LogP contribution in [0.4, 0.5) is 4.79 Å². The predicted octanol–water partition coefficient (Wildman–Crippen LogP) is 4.87. The maximum atomic E-state index is 12.1. The van der Waals surface area contributed by atoms with E-state index in [0.717, 1.165) is 46.5 Å². The molecule has 0 aliphatic carbocycles. The molecule has 0 bridgehead atoms. The Balaban J connectivity index is 1.48. The second-order valence-corrected chi connectivity index (χ2v) is 10.5. The monoisotopic (exact) mass is 587 g/mol. The normalized spacial score (nSPS) is 18.2. The van der Waals surface area contributed by atoms with Gasteiger partial charge in [0, 0.05) is 31.6 Å². The van der Waals surface area contributed by atoms with Crippen molar-refractivity contribution in [3.8, 4) is 11.1 Å². The van der Waals surface area contributed by atoms with E-state index in [-0.39, 0.29) is 32.0 Å². The van der Waals surface area contributed by atoms with Gasteiger partial charge in [-0.25, -0.2) is 4.79 Å². The first-order chi connectivity index (χ1) is 20.9. The lowest BCUT2D eigenvalue weighted by molar-refractivity contribution is -0.252. The molecule has 228 valence electrons. The molecule has 1 saturated heterocycles. The molecule has 1 aliphatic heterocycles. The van der Waals surface area contributed by atoms with Crippen molar-refractivity contribution in [2.24, 2.45) is 0 Å². The van der Waals surface area contributed by atoms with Gasteiger partial charge in [-0.05, 0) is 53.9 Å². The highest BCUT2D eigenvalue weighted by Gasteiger charge is 2.32. The van der Waals surface area contributed by atoms with E-state index in [1.165, 1.54) is 0 Å². The molecule has 2 amide bonds. The zero-order valence-corrected chi connectivity index (χ0v) is 24.8. The molecule has 0 saturated carbocycles. The minimum absolute atomic E-state index is 0.000745. The third kappa shape index (κ3) is 9.49. The average molecular weight is 588 g/mol. The first-order valence-corrected chi connectivity index (χ1v) is 14.5. The van der Waals surface area contributed by atoms with E-state index in [2.05, 4.69) is 28.2 Å². The summed E-state index contributed by atoms with van der Waals surface area (Å²) in [4.78, 5) is 25.8. The Morgan fingerprint density at radius 2 is 1.74 bits per heavy atom. The molecule has 3 atom stereocenters. The SMILES string of the molecule is C=CCN(C)C[C@H]1C[C@@H](c2ccc(CO)cc2)O[C@@H](c2cccc(-c3cccc(CNC(=O)NCC(=O)OCC)c3)c2)O1. The number of likely N-dealkylation sites (N-methyl/N-ethyl adjacent to an activating group) is 1. The highest BCUT2D eigenvalue weighted by atomic mass is 16.7. The summed E-state index contributed by atoms with van der Waals surface area (Å²) in [5.74, 6) is -0.480. The van der Waals surface area contributed by atoms with Gasteiger partial charge in [-0.15, -0.1) is 6.58 Å². The summed E-state index contributed by atoms with van der Waals surface area (Å²) in [6.45, 7) is 7.44. The van der Waals surface area contributed by atoms with Crippen LogP contribution in [0, 0.1) is 0 Å². The Morgan fingerprint density at radius 3 is 2.47 bits per heavy atom. The molecule has 3 aromatic carbocycles. The average Bonchev–Trinajstić information content (AvgIpc) is 3.03. The van der Waals surface area contributed by atoms with Crippen molar-refractivity contribution in [1.82, 2.24) is 15.5 Å². The van der Waals surface area contributed by atoms with Gasteiger partial charge in [0.25, 0.3) is 0 Å². The molecular formula is C34H41N3O6. The van der Waals surface area contributed by atoms with E-state index < -0.39 is 18.3 Å². The van der Waals surface area contributed by atoms with Crippen molar-refractivity contribution >= 4 is 12.0 Å². The fourth-order valence-corrected chi connectivity index (χ4v) is 5.01. The van der Waals surface area contributed by atoms with Crippen LogP contribution in [-0.2, 0) is 32.2 Å². The molecular weight excluding hydrogens is 546 g/mol. The molecule has 1 aliphatic rings. The number of ether oxygens (including phenoxy) is 3. The van der Waals surface area contributed by atoms with Gasteiger partial charge >= 0.3 is 12.0 Å². The van der Waals surface area contributed by atoms with E-state index in [0.29, 0.717) is 13.0 Å². The van der Waals surface area contributed by atoms with Crippen molar-refractivity contribution in [3.05, 3.63) is 108 Å². The minimum Gasteiger partial charge on any atom is -0.465 e. The number of aliphatic hydroxyl groups excluding tert-OH is 1. The number of carbonyl (C=O) groups excluding carboxylic acids is 2. The van der Waals surface area contributed by atoms with E-state index in [4.69, 9.17) is 14.2 Å². The zero-order chi connectivity index (χ0) is 30.6. The third-order valence-electron chi connectivity index (χ3n) is 7.14. The first kappa shape index (κ1) is 31.9. The maximum absolute atomic E-state index is 12.1. The first-order valence-electron chi connectivity index (χ1n) is 14.5. The van der Waals surface area contributed by atoms with Gasteiger partial charge in [-0.2, -0.15) is 0 Å². The van der Waals surface area contributed by atoms with Crippen LogP contribution in [-0.4, -0.2) is 61.4 Å². The molecule has 0 aromatic heterocycles. The molecule has 3 aromatic rings. The number of nitrogens with zero attached hydrogens (tertiary/aromatic N) is 1. The fraction of sp³-hybridized carbons (Fsp3) is 0.353. The topological polar surface area (TPSA) is 109 Å². The van der Waals surface area contributed by atoms with Crippen molar-refractivity contribution < 1.29 is 28.9 Å². The highest BCUT2D eigenvalue weighted by Crippen LogP contribution is 2.39. The summed E-state index contributed by atoms with van der Waals surface area (Å²) >= 11 is 0. The second-order valence-electron chi connectivity index (χ2n) is 10.5. The van der Waals surface area contributed by atoms with Crippen molar-refractivity contribution in [3.63, 3.8) is 0 Å². The van der Waals surface area contributed by atoms with Crippen LogP contribution in [0.1, 0.15) is 48.0 Å². The lowest BCUT2D eigenvalue weighted by Crippen LogP contribution is -2.38. The smallest absolute Gasteiger partial charge is 0.325 e. The van der Waals surface area contributed by atoms with Crippen molar-refractivity contribution in [2.75, 3.05) is 33.3 Å². The van der Waals surface area contributed by atoms with Crippen molar-refractivity contribution in [2.45, 2.75) is 45.0 Å². The predicted molar refractivity (Wildman–Crippen MR) is 165 cm³/mol. The van der Waals surface area contributed by atoms with Gasteiger partial charge in [0.05, 0.1) is 25.4 Å². The number of amides is 2. The molecule has 9 heteroatoms. The van der Waals surface area contributed by atoms with E-state index in [1.54, 1.807) is 6.92 Å². The number of hydrogen-bond donors (Lipinski definition) is 3. The summed E-state index contributed by atoms with van der Waals surface area (Å²) in [5.41, 5.74) is 5.71. The summed E-state index contributed by atoms with van der Waals surface area (Å²) in [6, 6.07) is 23.5. The maximum Gasteiger partial charge on any atom is 0.325 e. The Kier molecular flexibility index (Phi) is 11.9. The molecule has 9 nitrogen and oxygen atoms in total. The van der Waals surface area contributed by atoms with Crippen LogP contribution in [0.15, 0.2) is 85.5 Å². The van der Waals surface area contributed by atoms with Gasteiger partial charge in [0.2, 0.25) is 0 Å². The van der Waals surface area contributed by atoms with Crippen LogP contribution in [0.3, 0.4) is 0 Å². The summed E-state index contributed by atoms with van der Waals surface area (Å²) in [6.07, 6.45) is 1.80. The lowest BCUT2D eigenvalue weighted by atomic mass is 9.98. The molecule has 0 spiro atoms. The number of carbonyl (C=O) groups is 2. The van der Waals surface area contributed by atoms with Crippen LogP contribution in [0.25, 0.3) is 11.1 Å². The molecule has 0 unspecified atom stereocenters. The zero-order valence-electron chi connectivity index (χ0n) is 24.8. The van der Waals surface area contributed by atoms with E-state index in [1.807, 2.05) is 79.9 Å². The van der Waals surface area contributed by atoms with Gasteiger partial charge in [0.15, 0.2) is 6.29 Å². The second kappa shape index (κ2) is 16.0. The molecule has 4 rings (SSSR count). The van der Waals surface area contributed by atoms with Gasteiger partial charge in [0.1, 0.15) is 6.54 Å². The van der Waals surface area contributed by atoms with Crippen LogP contribution < -0.4 is 10.6 Å². The number of benzene rings is 3. The van der Waals surface area contributed by atoms with Gasteiger partial charge in [-0.1, -0.05) is 66.7 Å². The molecule has 1 heterocycles. The fourth-order valence-electron chi connectivity index (χ4n) is 5.01. The van der Waals surface area contributed by atoms with Crippen LogP contribution in [0.5, 0.6) is 0 Å². The van der Waals surface area contributed by atoms with Crippen LogP contribution in [0.2, 0.25) is 0 Å². The Labute approximate surface area is 253 Å². The number of urea groups is 1. The molecule has 0 radical (unpaired) electrons. The summed E-state index contributed by atoms with van der Waals surface area (Å²) in [7, 11) is 2.05. The largest absolute Gasteiger partial charge is 0.465 e.